The van der Waals surface area contributed by atoms with Crippen molar-refractivity contribution in [3.05, 3.63) is 59.7 Å². The van der Waals surface area contributed by atoms with E-state index in [-0.39, 0.29) is 5.91 Å². The van der Waals surface area contributed by atoms with Crippen molar-refractivity contribution in [1.29, 1.82) is 5.26 Å². The van der Waals surface area contributed by atoms with Gasteiger partial charge >= 0.3 is 6.18 Å². The van der Waals surface area contributed by atoms with Gasteiger partial charge in [0.1, 0.15) is 12.1 Å². The molecule has 0 radical (unpaired) electrons. The zero-order valence-corrected chi connectivity index (χ0v) is 16.2. The summed E-state index contributed by atoms with van der Waals surface area (Å²) in [5.41, 5.74) is 1.57. The standard InChI is InChI=1S/C22H22F3N3O2/c23-22(24,25)18-8-6-17(7-9-18)16-4-2-15(3-5-16)12-19(13-26)28-21(29)20-14-27-10-1-11-30-20/h2-9,19-20,27H,1,10-12,14H2,(H,28,29)/t19?,20-/m0/s1. The van der Waals surface area contributed by atoms with Gasteiger partial charge in [0.2, 0.25) is 0 Å². The number of hydrogen-bond acceptors (Lipinski definition) is 4. The number of nitriles is 1. The lowest BCUT2D eigenvalue weighted by molar-refractivity contribution is -0.137. The Kier molecular flexibility index (Phi) is 7.08. The number of benzene rings is 2. The Bertz CT molecular complexity index is 882. The van der Waals surface area contributed by atoms with Crippen LogP contribution < -0.4 is 10.6 Å². The van der Waals surface area contributed by atoms with Crippen LogP contribution in [-0.2, 0) is 22.1 Å². The molecule has 2 aromatic carbocycles. The van der Waals surface area contributed by atoms with Gasteiger partial charge in [-0.05, 0) is 41.8 Å². The van der Waals surface area contributed by atoms with E-state index in [4.69, 9.17) is 4.74 Å². The topological polar surface area (TPSA) is 74.2 Å². The number of alkyl halides is 3. The molecule has 0 aromatic heterocycles. The lowest BCUT2D eigenvalue weighted by Crippen LogP contribution is -2.46. The fraction of sp³-hybridized carbons (Fsp3) is 0.364. The maximum absolute atomic E-state index is 12.7. The number of carbonyl (C=O) groups excluding carboxylic acids is 1. The number of nitrogens with one attached hydrogen (secondary N) is 2. The highest BCUT2D eigenvalue weighted by Crippen LogP contribution is 2.31. The third-order valence-electron chi connectivity index (χ3n) is 4.85. The third kappa shape index (κ3) is 5.81. The quantitative estimate of drug-likeness (QED) is 0.783. The van der Waals surface area contributed by atoms with E-state index in [0.29, 0.717) is 25.1 Å². The number of halogens is 3. The lowest BCUT2D eigenvalue weighted by atomic mass is 10.00. The van der Waals surface area contributed by atoms with Gasteiger partial charge in [-0.3, -0.25) is 4.79 Å². The maximum atomic E-state index is 12.7. The molecule has 5 nitrogen and oxygen atoms in total. The van der Waals surface area contributed by atoms with Crippen molar-refractivity contribution in [2.45, 2.75) is 31.2 Å². The smallest absolute Gasteiger partial charge is 0.367 e. The minimum atomic E-state index is -4.36. The highest BCUT2D eigenvalue weighted by Gasteiger charge is 2.30. The van der Waals surface area contributed by atoms with Gasteiger partial charge in [0.05, 0.1) is 11.6 Å². The molecule has 1 aliphatic rings. The van der Waals surface area contributed by atoms with Crippen molar-refractivity contribution < 1.29 is 22.7 Å². The molecule has 0 bridgehead atoms. The highest BCUT2D eigenvalue weighted by molar-refractivity contribution is 5.81. The van der Waals surface area contributed by atoms with Crippen molar-refractivity contribution in [2.75, 3.05) is 19.7 Å². The lowest BCUT2D eigenvalue weighted by Gasteiger charge is -2.18. The molecule has 158 valence electrons. The second-order valence-corrected chi connectivity index (χ2v) is 7.08. The Morgan fingerprint density at radius 1 is 1.17 bits per heavy atom. The molecule has 1 heterocycles. The van der Waals surface area contributed by atoms with E-state index in [0.717, 1.165) is 36.2 Å². The van der Waals surface area contributed by atoms with Crippen LogP contribution in [0.15, 0.2) is 48.5 Å². The Morgan fingerprint density at radius 3 is 2.40 bits per heavy atom. The van der Waals surface area contributed by atoms with Gasteiger partial charge in [0, 0.05) is 19.6 Å². The van der Waals surface area contributed by atoms with Gasteiger partial charge in [0.15, 0.2) is 0 Å². The summed E-state index contributed by atoms with van der Waals surface area (Å²) in [7, 11) is 0. The van der Waals surface area contributed by atoms with Crippen LogP contribution >= 0.6 is 0 Å². The molecular formula is C22H22F3N3O2. The summed E-state index contributed by atoms with van der Waals surface area (Å²) in [5, 5.41) is 15.2. The molecule has 30 heavy (non-hydrogen) atoms. The molecule has 0 saturated carbocycles. The molecule has 2 aromatic rings. The van der Waals surface area contributed by atoms with Gasteiger partial charge in [-0.25, -0.2) is 0 Å². The Balaban J connectivity index is 1.61. The van der Waals surface area contributed by atoms with Crippen molar-refractivity contribution in [3.8, 4) is 17.2 Å². The predicted molar refractivity (Wildman–Crippen MR) is 105 cm³/mol. The largest absolute Gasteiger partial charge is 0.416 e. The van der Waals surface area contributed by atoms with E-state index in [2.05, 4.69) is 16.7 Å². The van der Waals surface area contributed by atoms with Crippen LogP contribution in [0.3, 0.4) is 0 Å². The number of nitrogens with zero attached hydrogens (tertiary/aromatic N) is 1. The van der Waals surface area contributed by atoms with Crippen LogP contribution in [-0.4, -0.2) is 37.7 Å². The second-order valence-electron chi connectivity index (χ2n) is 7.08. The van der Waals surface area contributed by atoms with Crippen LogP contribution in [0, 0.1) is 11.3 Å². The molecule has 1 amide bonds. The number of ether oxygens (including phenoxy) is 1. The van der Waals surface area contributed by atoms with E-state index < -0.39 is 23.9 Å². The van der Waals surface area contributed by atoms with Crippen molar-refractivity contribution in [1.82, 2.24) is 10.6 Å². The summed E-state index contributed by atoms with van der Waals surface area (Å²) in [5.74, 6) is -0.322. The minimum absolute atomic E-state index is 0.315. The first-order valence-corrected chi connectivity index (χ1v) is 9.65. The Hall–Kier alpha value is -2.89. The third-order valence-corrected chi connectivity index (χ3v) is 4.85. The zero-order valence-electron chi connectivity index (χ0n) is 16.2. The molecule has 1 unspecified atom stereocenters. The summed E-state index contributed by atoms with van der Waals surface area (Å²) in [6.45, 7) is 1.69. The van der Waals surface area contributed by atoms with Gasteiger partial charge in [0.25, 0.3) is 5.91 Å². The van der Waals surface area contributed by atoms with Crippen molar-refractivity contribution in [3.63, 3.8) is 0 Å². The molecule has 2 atom stereocenters. The van der Waals surface area contributed by atoms with E-state index in [1.807, 2.05) is 0 Å². The average molecular weight is 417 g/mol. The molecule has 1 saturated heterocycles. The second kappa shape index (κ2) is 9.74. The van der Waals surface area contributed by atoms with Gasteiger partial charge < -0.3 is 15.4 Å². The Morgan fingerprint density at radius 2 is 1.80 bits per heavy atom. The number of hydrogen-bond donors (Lipinski definition) is 2. The minimum Gasteiger partial charge on any atom is -0.367 e. The van der Waals surface area contributed by atoms with E-state index >= 15 is 0 Å². The summed E-state index contributed by atoms with van der Waals surface area (Å²) in [6.07, 6.45) is -3.84. The number of carbonyl (C=O) groups is 1. The van der Waals surface area contributed by atoms with Crippen molar-refractivity contribution in [2.24, 2.45) is 0 Å². The summed E-state index contributed by atoms with van der Waals surface area (Å²) < 4.78 is 43.6. The molecule has 3 rings (SSSR count). The monoisotopic (exact) mass is 417 g/mol. The van der Waals surface area contributed by atoms with Crippen LogP contribution in [0.5, 0.6) is 0 Å². The van der Waals surface area contributed by atoms with Crippen LogP contribution in [0.2, 0.25) is 0 Å². The van der Waals surface area contributed by atoms with Gasteiger partial charge in [-0.2, -0.15) is 18.4 Å². The fourth-order valence-electron chi connectivity index (χ4n) is 3.20. The molecule has 0 aliphatic carbocycles. The molecular weight excluding hydrogens is 395 g/mol. The van der Waals surface area contributed by atoms with Gasteiger partial charge in [-0.15, -0.1) is 0 Å². The van der Waals surface area contributed by atoms with Crippen LogP contribution in [0.4, 0.5) is 13.2 Å². The summed E-state index contributed by atoms with van der Waals surface area (Å²) in [6, 6.07) is 13.5. The molecule has 2 N–H and O–H groups in total. The number of rotatable bonds is 5. The summed E-state index contributed by atoms with van der Waals surface area (Å²) in [4.78, 5) is 12.3. The maximum Gasteiger partial charge on any atom is 0.416 e. The van der Waals surface area contributed by atoms with E-state index in [9.17, 15) is 23.2 Å². The van der Waals surface area contributed by atoms with Crippen molar-refractivity contribution >= 4 is 5.91 Å². The predicted octanol–water partition coefficient (Wildman–Crippen LogP) is 3.30. The molecule has 1 fully saturated rings. The molecule has 1 aliphatic heterocycles. The fourth-order valence-corrected chi connectivity index (χ4v) is 3.20. The first-order chi connectivity index (χ1) is 14.4. The SMILES string of the molecule is N#CC(Cc1ccc(-c2ccc(C(F)(F)F)cc2)cc1)NC(=O)[C@@H]1CNCCCO1. The molecule has 0 spiro atoms. The highest BCUT2D eigenvalue weighted by atomic mass is 19.4. The first-order valence-electron chi connectivity index (χ1n) is 9.65. The number of amides is 1. The average Bonchev–Trinajstić information content (AvgIpc) is 3.03. The molecule has 8 heteroatoms. The Labute approximate surface area is 172 Å². The summed E-state index contributed by atoms with van der Waals surface area (Å²) >= 11 is 0. The van der Waals surface area contributed by atoms with E-state index in [1.165, 1.54) is 12.1 Å². The first kappa shape index (κ1) is 21.8. The normalized spacial score (nSPS) is 18.1. The van der Waals surface area contributed by atoms with Gasteiger partial charge in [-0.1, -0.05) is 36.4 Å². The zero-order chi connectivity index (χ0) is 21.6. The van der Waals surface area contributed by atoms with E-state index in [1.54, 1.807) is 24.3 Å². The van der Waals surface area contributed by atoms with Crippen LogP contribution in [0.25, 0.3) is 11.1 Å². The van der Waals surface area contributed by atoms with Crippen LogP contribution in [0.1, 0.15) is 17.5 Å².